The maximum atomic E-state index is 12.9. The first kappa shape index (κ1) is 20.2. The molecule has 0 radical (unpaired) electrons. The van der Waals surface area contributed by atoms with E-state index in [4.69, 9.17) is 14.2 Å². The number of esters is 1. The average molecular weight is 397 g/mol. The van der Waals surface area contributed by atoms with E-state index in [0.717, 1.165) is 5.69 Å². The lowest BCUT2D eigenvalue weighted by molar-refractivity contribution is -0.141. The first-order chi connectivity index (χ1) is 14.0. The van der Waals surface area contributed by atoms with Crippen LogP contribution < -0.4 is 14.8 Å². The van der Waals surface area contributed by atoms with Gasteiger partial charge in [-0.1, -0.05) is 12.1 Å². The lowest BCUT2D eigenvalue weighted by Gasteiger charge is -2.19. The van der Waals surface area contributed by atoms with Crippen LogP contribution in [0, 0.1) is 6.92 Å². The Hall–Kier alpha value is -3.55. The number of carbonyl (C=O) groups is 2. The number of rotatable bonds is 7. The molecule has 8 nitrogen and oxygen atoms in total. The molecule has 1 N–H and O–H groups in total. The van der Waals surface area contributed by atoms with Crippen molar-refractivity contribution < 1.29 is 23.8 Å². The summed E-state index contributed by atoms with van der Waals surface area (Å²) in [7, 11) is 4.37. The molecule has 0 saturated carbocycles. The second-order valence-corrected chi connectivity index (χ2v) is 6.44. The first-order valence-corrected chi connectivity index (χ1v) is 9.01. The number of imidazole rings is 1. The van der Waals surface area contributed by atoms with Crippen molar-refractivity contribution in [3.63, 3.8) is 0 Å². The zero-order valence-electron chi connectivity index (χ0n) is 16.8. The minimum atomic E-state index is -0.624. The molecule has 0 saturated heterocycles. The number of nitrogens with zero attached hydrogens (tertiary/aromatic N) is 2. The third kappa shape index (κ3) is 4.31. The Labute approximate surface area is 168 Å². The molecule has 152 valence electrons. The normalized spacial score (nSPS) is 11.7. The summed E-state index contributed by atoms with van der Waals surface area (Å²) >= 11 is 0. The predicted molar refractivity (Wildman–Crippen MR) is 106 cm³/mol. The molecule has 0 aliphatic rings. The van der Waals surface area contributed by atoms with E-state index in [-0.39, 0.29) is 12.1 Å². The topological polar surface area (TPSA) is 91.2 Å². The van der Waals surface area contributed by atoms with Gasteiger partial charge in [-0.15, -0.1) is 0 Å². The zero-order valence-corrected chi connectivity index (χ0v) is 16.8. The van der Waals surface area contributed by atoms with Gasteiger partial charge in [0.15, 0.2) is 11.5 Å². The van der Waals surface area contributed by atoms with Gasteiger partial charge in [-0.3, -0.25) is 9.59 Å². The monoisotopic (exact) mass is 397 g/mol. The minimum Gasteiger partial charge on any atom is -0.493 e. The number of methoxy groups -OCH3 is 3. The van der Waals surface area contributed by atoms with Gasteiger partial charge in [0.1, 0.15) is 11.3 Å². The number of aromatic nitrogens is 2. The van der Waals surface area contributed by atoms with Crippen LogP contribution in [0.15, 0.2) is 42.6 Å². The molecule has 2 aromatic heterocycles. The SMILES string of the molecule is COC(=O)CC(NC(=O)c1cn2c(C)cccc2n1)c1ccc(OC)c(OC)c1. The highest BCUT2D eigenvalue weighted by atomic mass is 16.5. The standard InChI is InChI=1S/C21H23N3O5/c1-13-6-5-7-19-22-16(12-24(13)19)21(26)23-15(11-20(25)29-4)14-8-9-17(27-2)18(10-14)28-3/h5-10,12,15H,11H2,1-4H3,(H,23,26). The second-order valence-electron chi connectivity index (χ2n) is 6.44. The number of nitrogens with one attached hydrogen (secondary N) is 1. The van der Waals surface area contributed by atoms with Crippen LogP contribution in [-0.4, -0.2) is 42.6 Å². The number of amides is 1. The van der Waals surface area contributed by atoms with Crippen molar-refractivity contribution in [1.82, 2.24) is 14.7 Å². The molecule has 0 aliphatic heterocycles. The van der Waals surface area contributed by atoms with Gasteiger partial charge in [0.05, 0.1) is 33.8 Å². The predicted octanol–water partition coefficient (Wildman–Crippen LogP) is 2.69. The van der Waals surface area contributed by atoms with Crippen molar-refractivity contribution in [2.24, 2.45) is 0 Å². The van der Waals surface area contributed by atoms with Gasteiger partial charge in [0.2, 0.25) is 0 Å². The van der Waals surface area contributed by atoms with Gasteiger partial charge in [-0.05, 0) is 36.8 Å². The van der Waals surface area contributed by atoms with Crippen LogP contribution in [0.4, 0.5) is 0 Å². The molecule has 3 rings (SSSR count). The number of hydrogen-bond donors (Lipinski definition) is 1. The number of pyridine rings is 1. The lowest BCUT2D eigenvalue weighted by atomic mass is 10.0. The van der Waals surface area contributed by atoms with Crippen molar-refractivity contribution in [2.45, 2.75) is 19.4 Å². The maximum Gasteiger partial charge on any atom is 0.307 e. The number of aryl methyl sites for hydroxylation is 1. The molecule has 3 aromatic rings. The molecular weight excluding hydrogens is 374 g/mol. The highest BCUT2D eigenvalue weighted by molar-refractivity contribution is 5.93. The van der Waals surface area contributed by atoms with Gasteiger partial charge in [-0.25, -0.2) is 4.98 Å². The quantitative estimate of drug-likeness (QED) is 0.617. The number of ether oxygens (including phenoxy) is 3. The van der Waals surface area contributed by atoms with E-state index < -0.39 is 17.9 Å². The molecule has 0 aliphatic carbocycles. The van der Waals surface area contributed by atoms with Crippen molar-refractivity contribution >= 4 is 17.5 Å². The highest BCUT2D eigenvalue weighted by Crippen LogP contribution is 2.31. The van der Waals surface area contributed by atoms with Crippen LogP contribution in [0.1, 0.15) is 34.2 Å². The summed E-state index contributed by atoms with van der Waals surface area (Å²) in [6, 6.07) is 10.2. The van der Waals surface area contributed by atoms with E-state index in [9.17, 15) is 9.59 Å². The smallest absolute Gasteiger partial charge is 0.307 e. The second kappa shape index (κ2) is 8.64. The molecule has 8 heteroatoms. The molecule has 1 aromatic carbocycles. The highest BCUT2D eigenvalue weighted by Gasteiger charge is 2.22. The summed E-state index contributed by atoms with van der Waals surface area (Å²) in [4.78, 5) is 29.2. The molecule has 29 heavy (non-hydrogen) atoms. The molecule has 0 bridgehead atoms. The average Bonchev–Trinajstić information content (AvgIpc) is 3.18. The fraction of sp³-hybridized carbons (Fsp3) is 0.286. The maximum absolute atomic E-state index is 12.9. The summed E-state index contributed by atoms with van der Waals surface area (Å²) in [5.41, 5.74) is 2.57. The van der Waals surface area contributed by atoms with E-state index >= 15 is 0 Å². The van der Waals surface area contributed by atoms with Crippen LogP contribution in [0.5, 0.6) is 11.5 Å². The van der Waals surface area contributed by atoms with E-state index in [1.54, 1.807) is 24.4 Å². The van der Waals surface area contributed by atoms with E-state index in [0.29, 0.717) is 22.7 Å². The fourth-order valence-corrected chi connectivity index (χ4v) is 3.06. The van der Waals surface area contributed by atoms with Crippen molar-refractivity contribution in [3.8, 4) is 11.5 Å². The van der Waals surface area contributed by atoms with E-state index in [2.05, 4.69) is 10.3 Å². The number of carbonyl (C=O) groups excluding carboxylic acids is 2. The Kier molecular flexibility index (Phi) is 6.01. The summed E-state index contributed by atoms with van der Waals surface area (Å²) in [5, 5.41) is 2.87. The number of fused-ring (bicyclic) bond motifs is 1. The van der Waals surface area contributed by atoms with Gasteiger partial charge in [0, 0.05) is 11.9 Å². The molecular formula is C21H23N3O5. The van der Waals surface area contributed by atoms with Crippen molar-refractivity contribution in [1.29, 1.82) is 0 Å². The molecule has 1 unspecified atom stereocenters. The Balaban J connectivity index is 1.91. The molecule has 0 spiro atoms. The van der Waals surface area contributed by atoms with Crippen LogP contribution in [-0.2, 0) is 9.53 Å². The van der Waals surface area contributed by atoms with Crippen LogP contribution in [0.2, 0.25) is 0 Å². The summed E-state index contributed by atoms with van der Waals surface area (Å²) in [5.74, 6) is 0.209. The van der Waals surface area contributed by atoms with Crippen LogP contribution in [0.25, 0.3) is 5.65 Å². The molecule has 1 amide bonds. The zero-order chi connectivity index (χ0) is 21.0. The summed E-state index contributed by atoms with van der Waals surface area (Å²) in [6.45, 7) is 1.93. The molecule has 2 heterocycles. The Morgan fingerprint density at radius 3 is 2.52 bits per heavy atom. The van der Waals surface area contributed by atoms with Gasteiger partial charge >= 0.3 is 5.97 Å². The summed E-state index contributed by atoms with van der Waals surface area (Å²) in [6.07, 6.45) is 1.63. The van der Waals surface area contributed by atoms with Crippen molar-refractivity contribution in [2.75, 3.05) is 21.3 Å². The molecule has 1 atom stereocenters. The van der Waals surface area contributed by atoms with Crippen molar-refractivity contribution in [3.05, 3.63) is 59.5 Å². The van der Waals surface area contributed by atoms with Gasteiger partial charge < -0.3 is 23.9 Å². The van der Waals surface area contributed by atoms with E-state index in [1.807, 2.05) is 29.5 Å². The summed E-state index contributed by atoms with van der Waals surface area (Å²) < 4.78 is 17.2. The third-order valence-electron chi connectivity index (χ3n) is 4.64. The lowest BCUT2D eigenvalue weighted by Crippen LogP contribution is -2.30. The Bertz CT molecular complexity index is 1040. The largest absolute Gasteiger partial charge is 0.493 e. The van der Waals surface area contributed by atoms with Gasteiger partial charge in [-0.2, -0.15) is 0 Å². The number of hydrogen-bond acceptors (Lipinski definition) is 6. The van der Waals surface area contributed by atoms with Crippen LogP contribution in [0.3, 0.4) is 0 Å². The number of benzene rings is 1. The first-order valence-electron chi connectivity index (χ1n) is 9.01. The minimum absolute atomic E-state index is 0.0376. The van der Waals surface area contributed by atoms with Gasteiger partial charge in [0.25, 0.3) is 5.91 Å². The van der Waals surface area contributed by atoms with Crippen LogP contribution >= 0.6 is 0 Å². The van der Waals surface area contributed by atoms with E-state index in [1.165, 1.54) is 21.3 Å². The molecule has 0 fully saturated rings. The Morgan fingerprint density at radius 1 is 1.10 bits per heavy atom. The third-order valence-corrected chi connectivity index (χ3v) is 4.64. The Morgan fingerprint density at radius 2 is 1.86 bits per heavy atom. The fourth-order valence-electron chi connectivity index (χ4n) is 3.06.